The van der Waals surface area contributed by atoms with Gasteiger partial charge in [0.05, 0.1) is 42.0 Å². The quantitative estimate of drug-likeness (QED) is 0.403. The van der Waals surface area contributed by atoms with E-state index in [1.807, 2.05) is 24.3 Å². The average molecular weight is 531 g/mol. The first-order valence-corrected chi connectivity index (χ1v) is 11.8. The van der Waals surface area contributed by atoms with E-state index in [-0.39, 0.29) is 39.3 Å². The van der Waals surface area contributed by atoms with Crippen LogP contribution in [0.25, 0.3) is 0 Å². The minimum Gasteiger partial charge on any atom is -0.493 e. The van der Waals surface area contributed by atoms with Gasteiger partial charge in [-0.05, 0) is 23.3 Å². The van der Waals surface area contributed by atoms with Gasteiger partial charge in [0, 0.05) is 30.8 Å². The zero-order valence-corrected chi connectivity index (χ0v) is 21.1. The Morgan fingerprint density at radius 3 is 2.47 bits per heavy atom. The zero-order valence-electron chi connectivity index (χ0n) is 19.6. The number of carbonyl (C=O) groups is 2. The molecule has 1 amide bonds. The number of Topliss-reactive ketones (excluding diaryl/α,β-unsaturated/α-hetero) is 1. The Morgan fingerprint density at radius 1 is 1.06 bits per heavy atom. The third-order valence-corrected chi connectivity index (χ3v) is 6.61. The molecule has 0 saturated heterocycles. The van der Waals surface area contributed by atoms with Crippen LogP contribution in [0.5, 0.6) is 17.2 Å². The first-order valence-electron chi connectivity index (χ1n) is 11.1. The van der Waals surface area contributed by atoms with E-state index in [1.54, 1.807) is 6.07 Å². The van der Waals surface area contributed by atoms with E-state index < -0.39 is 24.7 Å². The highest BCUT2D eigenvalue weighted by Gasteiger charge is 2.32. The van der Waals surface area contributed by atoms with Gasteiger partial charge < -0.3 is 24.6 Å². The summed E-state index contributed by atoms with van der Waals surface area (Å²) in [6, 6.07) is 10.1. The van der Waals surface area contributed by atoms with Crippen molar-refractivity contribution in [1.29, 1.82) is 0 Å². The van der Waals surface area contributed by atoms with Crippen molar-refractivity contribution in [2.75, 3.05) is 20.8 Å². The standard InChI is InChI=1S/C26H24Cl2N2O6/c1-34-22-8-7-16(20(31)10-17-18(27)11-29-12-19(17)28)25(26(22)35-2)36-13-23(33)30-24-15-6-4-3-5-14(15)9-21(24)32/h3-8,11-12,21,24,32H,9-10,13H2,1-2H3,(H,30,33). The third kappa shape index (κ3) is 5.26. The molecule has 3 aromatic rings. The van der Waals surface area contributed by atoms with Crippen molar-refractivity contribution < 1.29 is 28.9 Å². The van der Waals surface area contributed by atoms with Crippen LogP contribution in [0, 0.1) is 0 Å². The number of fused-ring (bicyclic) bond motifs is 1. The maximum Gasteiger partial charge on any atom is 0.258 e. The molecule has 10 heteroatoms. The summed E-state index contributed by atoms with van der Waals surface area (Å²) < 4.78 is 16.6. The van der Waals surface area contributed by atoms with Gasteiger partial charge in [-0.1, -0.05) is 47.5 Å². The highest BCUT2D eigenvalue weighted by atomic mass is 35.5. The number of methoxy groups -OCH3 is 2. The lowest BCUT2D eigenvalue weighted by Gasteiger charge is -2.20. The van der Waals surface area contributed by atoms with Crippen molar-refractivity contribution in [1.82, 2.24) is 10.3 Å². The predicted octanol–water partition coefficient (Wildman–Crippen LogP) is 3.98. The van der Waals surface area contributed by atoms with Crippen LogP contribution in [0.15, 0.2) is 48.8 Å². The maximum absolute atomic E-state index is 13.3. The zero-order chi connectivity index (χ0) is 25.8. The first kappa shape index (κ1) is 25.8. The molecule has 0 fully saturated rings. The number of carbonyl (C=O) groups excluding carboxylic acids is 2. The molecule has 1 aliphatic carbocycles. The molecule has 188 valence electrons. The molecular weight excluding hydrogens is 507 g/mol. The Kier molecular flexibility index (Phi) is 7.98. The SMILES string of the molecule is COc1ccc(C(=O)Cc2c(Cl)cncc2Cl)c(OCC(=O)NC2c3ccccc3CC2O)c1OC. The second-order valence-electron chi connectivity index (χ2n) is 8.16. The molecule has 2 atom stereocenters. The van der Waals surface area contributed by atoms with Gasteiger partial charge in [0.15, 0.2) is 23.9 Å². The van der Waals surface area contributed by atoms with Crippen LogP contribution in [0.4, 0.5) is 0 Å². The topological polar surface area (TPSA) is 107 Å². The molecule has 0 spiro atoms. The van der Waals surface area contributed by atoms with Crippen LogP contribution in [0.3, 0.4) is 0 Å². The second-order valence-corrected chi connectivity index (χ2v) is 8.98. The minimum absolute atomic E-state index is 0.0469. The van der Waals surface area contributed by atoms with Crippen LogP contribution < -0.4 is 19.5 Å². The van der Waals surface area contributed by atoms with Gasteiger partial charge in [0.2, 0.25) is 5.75 Å². The Labute approximate surface area is 218 Å². The molecule has 1 aromatic heterocycles. The molecule has 8 nitrogen and oxygen atoms in total. The Bertz CT molecular complexity index is 1280. The largest absolute Gasteiger partial charge is 0.493 e. The summed E-state index contributed by atoms with van der Waals surface area (Å²) in [5.74, 6) is -0.301. The summed E-state index contributed by atoms with van der Waals surface area (Å²) in [7, 11) is 2.85. The van der Waals surface area contributed by atoms with E-state index in [4.69, 9.17) is 37.4 Å². The molecule has 0 bridgehead atoms. The van der Waals surface area contributed by atoms with Crippen molar-refractivity contribution in [2.45, 2.75) is 25.0 Å². The van der Waals surface area contributed by atoms with Crippen LogP contribution in [-0.2, 0) is 17.6 Å². The number of rotatable bonds is 9. The lowest BCUT2D eigenvalue weighted by Crippen LogP contribution is -2.36. The van der Waals surface area contributed by atoms with Crippen molar-refractivity contribution >= 4 is 34.9 Å². The summed E-state index contributed by atoms with van der Waals surface area (Å²) in [6.07, 6.45) is 2.39. The number of amides is 1. The summed E-state index contributed by atoms with van der Waals surface area (Å²) in [5.41, 5.74) is 2.42. The van der Waals surface area contributed by atoms with Gasteiger partial charge in [0.1, 0.15) is 0 Å². The van der Waals surface area contributed by atoms with E-state index in [2.05, 4.69) is 10.3 Å². The summed E-state index contributed by atoms with van der Waals surface area (Å²) in [5, 5.41) is 13.8. The van der Waals surface area contributed by atoms with Crippen LogP contribution in [0.2, 0.25) is 10.0 Å². The van der Waals surface area contributed by atoms with Gasteiger partial charge in [0.25, 0.3) is 5.91 Å². The Balaban J connectivity index is 1.56. The Hall–Kier alpha value is -3.33. The molecule has 4 rings (SSSR count). The lowest BCUT2D eigenvalue weighted by molar-refractivity contribution is -0.124. The summed E-state index contributed by atoms with van der Waals surface area (Å²) in [6.45, 7) is -0.425. The molecule has 36 heavy (non-hydrogen) atoms. The number of nitrogens with zero attached hydrogens (tertiary/aromatic N) is 1. The number of ether oxygens (including phenoxy) is 3. The van der Waals surface area contributed by atoms with E-state index >= 15 is 0 Å². The summed E-state index contributed by atoms with van der Waals surface area (Å²) >= 11 is 12.4. The number of pyridine rings is 1. The van der Waals surface area contributed by atoms with Crippen molar-refractivity contribution in [3.63, 3.8) is 0 Å². The summed E-state index contributed by atoms with van der Waals surface area (Å²) in [4.78, 5) is 30.0. The second kappa shape index (κ2) is 11.2. The average Bonchev–Trinajstić information content (AvgIpc) is 3.18. The van der Waals surface area contributed by atoms with E-state index in [0.29, 0.717) is 17.7 Å². The van der Waals surface area contributed by atoms with Crippen LogP contribution >= 0.6 is 23.2 Å². The van der Waals surface area contributed by atoms with Crippen LogP contribution in [-0.4, -0.2) is 48.7 Å². The number of hydrogen-bond acceptors (Lipinski definition) is 7. The minimum atomic E-state index is -0.746. The molecule has 2 N–H and O–H groups in total. The van der Waals surface area contributed by atoms with Gasteiger partial charge in [-0.3, -0.25) is 14.6 Å². The van der Waals surface area contributed by atoms with Gasteiger partial charge >= 0.3 is 0 Å². The monoisotopic (exact) mass is 530 g/mol. The van der Waals surface area contributed by atoms with Gasteiger partial charge in [-0.2, -0.15) is 0 Å². The van der Waals surface area contributed by atoms with Crippen molar-refractivity contribution in [2.24, 2.45) is 0 Å². The number of aromatic nitrogens is 1. The number of nitrogens with one attached hydrogen (secondary N) is 1. The molecular formula is C26H24Cl2N2O6. The molecule has 0 saturated carbocycles. The lowest BCUT2D eigenvalue weighted by atomic mass is 10.0. The third-order valence-electron chi connectivity index (χ3n) is 5.96. The normalized spacial score (nSPS) is 16.2. The fourth-order valence-electron chi connectivity index (χ4n) is 4.22. The molecule has 1 aliphatic rings. The predicted molar refractivity (Wildman–Crippen MR) is 134 cm³/mol. The number of halogens is 2. The highest BCUT2D eigenvalue weighted by molar-refractivity contribution is 6.36. The highest BCUT2D eigenvalue weighted by Crippen LogP contribution is 2.41. The fourth-order valence-corrected chi connectivity index (χ4v) is 4.72. The van der Waals surface area contributed by atoms with E-state index in [1.165, 1.54) is 32.7 Å². The number of aliphatic hydroxyl groups excluding tert-OH is 1. The maximum atomic E-state index is 13.3. The van der Waals surface area contributed by atoms with E-state index in [0.717, 1.165) is 11.1 Å². The van der Waals surface area contributed by atoms with Gasteiger partial charge in [-0.15, -0.1) is 0 Å². The Morgan fingerprint density at radius 2 is 1.78 bits per heavy atom. The fraction of sp³-hybridized carbons (Fsp3) is 0.269. The van der Waals surface area contributed by atoms with Crippen molar-refractivity contribution in [3.8, 4) is 17.2 Å². The molecule has 2 aromatic carbocycles. The number of ketones is 1. The first-order chi connectivity index (χ1) is 17.3. The van der Waals surface area contributed by atoms with E-state index in [9.17, 15) is 14.7 Å². The molecule has 1 heterocycles. The number of aliphatic hydroxyl groups is 1. The smallest absolute Gasteiger partial charge is 0.258 e. The van der Waals surface area contributed by atoms with Crippen molar-refractivity contribution in [3.05, 3.63) is 81.1 Å². The number of hydrogen-bond donors (Lipinski definition) is 2. The molecule has 0 radical (unpaired) electrons. The molecule has 2 unspecified atom stereocenters. The van der Waals surface area contributed by atoms with Gasteiger partial charge in [-0.25, -0.2) is 0 Å². The number of benzene rings is 2. The molecule has 0 aliphatic heterocycles. The van der Waals surface area contributed by atoms with Crippen LogP contribution in [0.1, 0.15) is 33.1 Å².